The van der Waals surface area contributed by atoms with Gasteiger partial charge in [-0.1, -0.05) is 42.5 Å². The summed E-state index contributed by atoms with van der Waals surface area (Å²) in [6, 6.07) is 18.1. The van der Waals surface area contributed by atoms with E-state index in [2.05, 4.69) is 0 Å². The largest absolute Gasteiger partial charge is 0.481 e. The minimum Gasteiger partial charge on any atom is -0.481 e. The number of sulfone groups is 1. The summed E-state index contributed by atoms with van der Waals surface area (Å²) in [6.45, 7) is 0.494. The van der Waals surface area contributed by atoms with Crippen molar-refractivity contribution in [1.82, 2.24) is 4.57 Å². The smallest absolute Gasteiger partial charge is 0.312 e. The number of carbonyl (C=O) groups excluding carboxylic acids is 1. The highest BCUT2D eigenvalue weighted by Crippen LogP contribution is 2.31. The van der Waals surface area contributed by atoms with Crippen molar-refractivity contribution < 1.29 is 23.1 Å². The lowest BCUT2D eigenvalue weighted by molar-refractivity contribution is -0.138. The molecule has 6 nitrogen and oxygen atoms in total. The molecule has 148 valence electrons. The lowest BCUT2D eigenvalue weighted by Crippen LogP contribution is -2.10. The number of fused-ring (bicyclic) bond motifs is 1. The number of hydrogen-bond acceptors (Lipinski definition) is 4. The van der Waals surface area contributed by atoms with Gasteiger partial charge in [-0.05, 0) is 36.2 Å². The van der Waals surface area contributed by atoms with Gasteiger partial charge >= 0.3 is 5.97 Å². The summed E-state index contributed by atoms with van der Waals surface area (Å²) in [5.41, 5.74) is 2.13. The van der Waals surface area contributed by atoms with E-state index in [-0.39, 0.29) is 16.4 Å². The molecule has 7 heteroatoms. The fraction of sp³-hybridized carbons (Fsp3) is 0.182. The van der Waals surface area contributed by atoms with Crippen molar-refractivity contribution in [3.05, 3.63) is 89.2 Å². The molecule has 0 fully saturated rings. The number of aromatic nitrogens is 1. The van der Waals surface area contributed by atoms with Gasteiger partial charge in [0, 0.05) is 17.8 Å². The zero-order chi connectivity index (χ0) is 20.6. The molecule has 0 aliphatic carbocycles. The fourth-order valence-electron chi connectivity index (χ4n) is 3.72. The maximum absolute atomic E-state index is 12.9. The Morgan fingerprint density at radius 3 is 2.31 bits per heavy atom. The van der Waals surface area contributed by atoms with Crippen LogP contribution in [-0.4, -0.2) is 29.8 Å². The quantitative estimate of drug-likeness (QED) is 0.631. The monoisotopic (exact) mass is 409 g/mol. The molecule has 4 rings (SSSR count). The number of carboxylic acids is 1. The van der Waals surface area contributed by atoms with Gasteiger partial charge in [-0.15, -0.1) is 0 Å². The van der Waals surface area contributed by atoms with Gasteiger partial charge in [0.05, 0.1) is 22.3 Å². The van der Waals surface area contributed by atoms with E-state index in [4.69, 9.17) is 0 Å². The van der Waals surface area contributed by atoms with Crippen molar-refractivity contribution in [1.29, 1.82) is 0 Å². The first kappa shape index (κ1) is 19.1. The fourth-order valence-corrected chi connectivity index (χ4v) is 5.09. The average molecular weight is 409 g/mol. The summed E-state index contributed by atoms with van der Waals surface area (Å²) in [5.74, 6) is -1.82. The van der Waals surface area contributed by atoms with E-state index in [9.17, 15) is 23.1 Å². The molecule has 0 saturated heterocycles. The zero-order valence-corrected chi connectivity index (χ0v) is 16.3. The first-order valence-electron chi connectivity index (χ1n) is 9.20. The Hall–Kier alpha value is -3.19. The molecule has 0 spiro atoms. The van der Waals surface area contributed by atoms with E-state index in [1.165, 1.54) is 0 Å². The second-order valence-electron chi connectivity index (χ2n) is 7.07. The first-order valence-corrected chi connectivity index (χ1v) is 10.9. The Labute approximate surface area is 168 Å². The molecule has 2 heterocycles. The third-order valence-corrected chi connectivity index (χ3v) is 6.92. The molecule has 0 saturated carbocycles. The van der Waals surface area contributed by atoms with E-state index in [0.29, 0.717) is 35.5 Å². The van der Waals surface area contributed by atoms with Crippen LogP contribution in [0.1, 0.15) is 39.6 Å². The summed E-state index contributed by atoms with van der Waals surface area (Å²) in [4.78, 5) is 24.5. The van der Waals surface area contributed by atoms with Crippen LogP contribution >= 0.6 is 0 Å². The first-order chi connectivity index (χ1) is 13.9. The zero-order valence-electron chi connectivity index (χ0n) is 15.5. The predicted octanol–water partition coefficient (Wildman–Crippen LogP) is 3.26. The number of rotatable bonds is 6. The summed E-state index contributed by atoms with van der Waals surface area (Å²) >= 11 is 0. The molecule has 0 bridgehead atoms. The van der Waals surface area contributed by atoms with Crippen molar-refractivity contribution in [2.45, 2.75) is 29.5 Å². The van der Waals surface area contributed by atoms with E-state index in [1.54, 1.807) is 71.3 Å². The molecular weight excluding hydrogens is 390 g/mol. The Kier molecular flexibility index (Phi) is 4.84. The van der Waals surface area contributed by atoms with Crippen molar-refractivity contribution in [2.75, 3.05) is 0 Å². The molecule has 1 unspecified atom stereocenters. The van der Waals surface area contributed by atoms with Gasteiger partial charge in [-0.3, -0.25) is 9.59 Å². The van der Waals surface area contributed by atoms with Crippen LogP contribution in [-0.2, 0) is 26.9 Å². The highest BCUT2D eigenvalue weighted by Gasteiger charge is 2.31. The van der Waals surface area contributed by atoms with Gasteiger partial charge in [-0.25, -0.2) is 8.42 Å². The number of benzene rings is 2. The molecule has 3 aromatic rings. The third kappa shape index (κ3) is 3.61. The lowest BCUT2D eigenvalue weighted by atomic mass is 10.1. The van der Waals surface area contributed by atoms with Crippen LogP contribution in [0.4, 0.5) is 0 Å². The van der Waals surface area contributed by atoms with Crippen LogP contribution in [0.15, 0.2) is 71.6 Å². The van der Waals surface area contributed by atoms with Gasteiger partial charge in [0.1, 0.15) is 0 Å². The maximum Gasteiger partial charge on any atom is 0.312 e. The molecule has 1 N–H and O–H groups in total. The van der Waals surface area contributed by atoms with E-state index >= 15 is 0 Å². The van der Waals surface area contributed by atoms with Crippen LogP contribution in [0.2, 0.25) is 0 Å². The molecular formula is C22H19NO5S. The Balaban J connectivity index is 1.54. The van der Waals surface area contributed by atoms with Gasteiger partial charge in [-0.2, -0.15) is 0 Å². The number of carboxylic acid groups (broad SMARTS) is 1. The van der Waals surface area contributed by atoms with Crippen molar-refractivity contribution >= 4 is 21.6 Å². The minimum atomic E-state index is -3.46. The van der Waals surface area contributed by atoms with Crippen LogP contribution < -0.4 is 0 Å². The molecule has 2 aromatic carbocycles. The normalized spacial score (nSPS) is 15.8. The summed E-state index contributed by atoms with van der Waals surface area (Å²) in [6.07, 6.45) is 0.474. The Morgan fingerprint density at radius 1 is 0.966 bits per heavy atom. The van der Waals surface area contributed by atoms with Crippen LogP contribution in [0.25, 0.3) is 0 Å². The molecule has 0 radical (unpaired) electrons. The summed E-state index contributed by atoms with van der Waals surface area (Å²) in [7, 11) is -3.46. The second kappa shape index (κ2) is 7.33. The second-order valence-corrected chi connectivity index (χ2v) is 9.06. The van der Waals surface area contributed by atoms with Crippen LogP contribution in [0.5, 0.6) is 0 Å². The summed E-state index contributed by atoms with van der Waals surface area (Å²) < 4.78 is 26.8. The predicted molar refractivity (Wildman–Crippen MR) is 107 cm³/mol. The van der Waals surface area contributed by atoms with Crippen molar-refractivity contribution in [3.63, 3.8) is 0 Å². The molecule has 1 aromatic heterocycles. The molecule has 1 atom stereocenters. The summed E-state index contributed by atoms with van der Waals surface area (Å²) in [5, 5.41) is 9.28. The number of ketones is 1. The number of nitrogens with zero attached hydrogens (tertiary/aromatic N) is 1. The molecule has 1 aliphatic rings. The number of hydrogen-bond donors (Lipinski definition) is 1. The molecule has 1 aliphatic heterocycles. The highest BCUT2D eigenvalue weighted by molar-refractivity contribution is 7.90. The average Bonchev–Trinajstić information content (AvgIpc) is 3.30. The Bertz CT molecular complexity index is 1180. The van der Waals surface area contributed by atoms with E-state index in [1.807, 2.05) is 0 Å². The van der Waals surface area contributed by atoms with Gasteiger partial charge in [0.25, 0.3) is 0 Å². The van der Waals surface area contributed by atoms with Crippen LogP contribution in [0.3, 0.4) is 0 Å². The van der Waals surface area contributed by atoms with Gasteiger partial charge < -0.3 is 9.67 Å². The topological polar surface area (TPSA) is 93.4 Å². The highest BCUT2D eigenvalue weighted by atomic mass is 32.2. The Morgan fingerprint density at radius 2 is 1.66 bits per heavy atom. The molecule has 0 amide bonds. The van der Waals surface area contributed by atoms with Gasteiger partial charge in [0.15, 0.2) is 9.84 Å². The third-order valence-electron chi connectivity index (χ3n) is 5.22. The van der Waals surface area contributed by atoms with Crippen LogP contribution in [0, 0.1) is 0 Å². The van der Waals surface area contributed by atoms with E-state index < -0.39 is 21.7 Å². The number of aliphatic carboxylic acids is 1. The minimum absolute atomic E-state index is 0.147. The SMILES string of the molecule is O=C(c1ccc(CS(=O)(=O)c2ccccc2)cc1)c1ccc2n1CCC2C(=O)O. The van der Waals surface area contributed by atoms with E-state index in [0.717, 1.165) is 0 Å². The lowest BCUT2D eigenvalue weighted by Gasteiger charge is -2.08. The number of carbonyl (C=O) groups is 2. The maximum atomic E-state index is 12.9. The van der Waals surface area contributed by atoms with Gasteiger partial charge in [0.2, 0.25) is 5.78 Å². The van der Waals surface area contributed by atoms with Crippen molar-refractivity contribution in [2.24, 2.45) is 0 Å². The molecule has 29 heavy (non-hydrogen) atoms. The standard InChI is InChI=1S/C22H19NO5S/c24-21(20-11-10-19-18(22(25)26)12-13-23(19)20)16-8-6-15(7-9-16)14-29(27,28)17-4-2-1-3-5-17/h1-11,18H,12-14H2,(H,25,26). The van der Waals surface area contributed by atoms with Crippen molar-refractivity contribution in [3.8, 4) is 0 Å².